The minimum atomic E-state index is -2.59. The van der Waals surface area contributed by atoms with Gasteiger partial charge in [0.2, 0.25) is 5.88 Å². The number of allylic oxidation sites excluding steroid dienone is 1. The maximum Gasteiger partial charge on any atom is 0.280 e. The fourth-order valence-electron chi connectivity index (χ4n) is 3.52. The summed E-state index contributed by atoms with van der Waals surface area (Å²) in [7, 11) is 0. The lowest BCUT2D eigenvalue weighted by atomic mass is 10.2. The predicted molar refractivity (Wildman–Crippen MR) is 126 cm³/mol. The molecule has 0 radical (unpaired) electrons. The Kier molecular flexibility index (Phi) is 7.46. The summed E-state index contributed by atoms with van der Waals surface area (Å²) in [6, 6.07) is 10.4. The van der Waals surface area contributed by atoms with Gasteiger partial charge in [-0.25, -0.2) is 13.8 Å². The van der Waals surface area contributed by atoms with Gasteiger partial charge >= 0.3 is 0 Å². The molecule has 0 spiro atoms. The molecule has 0 saturated carbocycles. The molecule has 1 fully saturated rings. The molecule has 3 aromatic heterocycles. The molecule has 4 rings (SSSR count). The third-order valence-corrected chi connectivity index (χ3v) is 5.52. The molecule has 4 heterocycles. The lowest BCUT2D eigenvalue weighted by Crippen LogP contribution is -2.45. The van der Waals surface area contributed by atoms with Crippen LogP contribution in [0.3, 0.4) is 0 Å². The SMILES string of the molecule is C=C(C)N1CCN(c2ccc(CNc3ccc(OCc4ccc(C(F)F)nc4)nn3)cn2)CC1. The van der Waals surface area contributed by atoms with E-state index >= 15 is 0 Å². The van der Waals surface area contributed by atoms with E-state index in [1.165, 1.54) is 12.3 Å². The molecule has 0 aromatic carbocycles. The Morgan fingerprint density at radius 1 is 1.00 bits per heavy atom. The number of hydrogen-bond acceptors (Lipinski definition) is 8. The molecule has 178 valence electrons. The molecule has 10 heteroatoms. The van der Waals surface area contributed by atoms with Gasteiger partial charge in [-0.2, -0.15) is 0 Å². The van der Waals surface area contributed by atoms with E-state index in [1.807, 2.05) is 19.2 Å². The van der Waals surface area contributed by atoms with Gasteiger partial charge in [0, 0.05) is 62.4 Å². The lowest BCUT2D eigenvalue weighted by molar-refractivity contribution is 0.146. The second-order valence-electron chi connectivity index (χ2n) is 8.03. The summed E-state index contributed by atoms with van der Waals surface area (Å²) in [5.41, 5.74) is 2.55. The number of piperazine rings is 1. The van der Waals surface area contributed by atoms with E-state index in [9.17, 15) is 8.78 Å². The lowest BCUT2D eigenvalue weighted by Gasteiger charge is -2.36. The first-order valence-corrected chi connectivity index (χ1v) is 11.0. The number of alkyl halides is 2. The Balaban J connectivity index is 1.23. The highest BCUT2D eigenvalue weighted by Gasteiger charge is 2.17. The summed E-state index contributed by atoms with van der Waals surface area (Å²) >= 11 is 0. The molecule has 8 nitrogen and oxygen atoms in total. The number of rotatable bonds is 9. The van der Waals surface area contributed by atoms with Crippen molar-refractivity contribution in [3.8, 4) is 5.88 Å². The van der Waals surface area contributed by atoms with Crippen molar-refractivity contribution in [1.29, 1.82) is 0 Å². The van der Waals surface area contributed by atoms with Crippen LogP contribution in [0.2, 0.25) is 0 Å². The van der Waals surface area contributed by atoms with Crippen LogP contribution in [0, 0.1) is 0 Å². The molecular weight excluding hydrogens is 440 g/mol. The van der Waals surface area contributed by atoms with Gasteiger partial charge < -0.3 is 19.9 Å². The number of ether oxygens (including phenoxy) is 1. The van der Waals surface area contributed by atoms with Crippen molar-refractivity contribution in [3.05, 3.63) is 77.9 Å². The van der Waals surface area contributed by atoms with Gasteiger partial charge in [0.05, 0.1) is 0 Å². The molecule has 3 aromatic rings. The fourth-order valence-corrected chi connectivity index (χ4v) is 3.52. The van der Waals surface area contributed by atoms with Crippen LogP contribution in [0.15, 0.2) is 61.1 Å². The molecular formula is C24H27F2N7O. The van der Waals surface area contributed by atoms with Crippen LogP contribution in [0.1, 0.15) is 30.2 Å². The molecule has 0 aliphatic carbocycles. The summed E-state index contributed by atoms with van der Waals surface area (Å²) in [6.45, 7) is 10.6. The number of halogens is 2. The predicted octanol–water partition coefficient (Wildman–Crippen LogP) is 4.05. The van der Waals surface area contributed by atoms with Gasteiger partial charge in [-0.05, 0) is 30.7 Å². The summed E-state index contributed by atoms with van der Waals surface area (Å²) < 4.78 is 30.7. The number of pyridine rings is 2. The number of anilines is 2. The van der Waals surface area contributed by atoms with Crippen LogP contribution in [0.4, 0.5) is 20.4 Å². The molecule has 1 N–H and O–H groups in total. The van der Waals surface area contributed by atoms with Crippen molar-refractivity contribution in [2.24, 2.45) is 0 Å². The molecule has 1 aliphatic heterocycles. The number of hydrogen-bond donors (Lipinski definition) is 1. The standard InChI is InChI=1S/C24H27F2N7O/c1-17(2)32-9-11-33(12-10-32)22-7-4-18(14-29-22)13-28-21-6-8-23(31-30-21)34-16-19-3-5-20(24(25)26)27-15-19/h3-8,14-15,24H,1,9-13,16H2,2H3,(H,28,30). The van der Waals surface area contributed by atoms with Crippen LogP contribution in [0.25, 0.3) is 0 Å². The van der Waals surface area contributed by atoms with Gasteiger partial charge in [-0.15, -0.1) is 10.2 Å². The van der Waals surface area contributed by atoms with E-state index in [-0.39, 0.29) is 12.3 Å². The van der Waals surface area contributed by atoms with Crippen LogP contribution in [0.5, 0.6) is 5.88 Å². The zero-order valence-corrected chi connectivity index (χ0v) is 19.0. The van der Waals surface area contributed by atoms with Crippen LogP contribution < -0.4 is 15.0 Å². The normalized spacial score (nSPS) is 13.8. The number of nitrogens with zero attached hydrogens (tertiary/aromatic N) is 6. The molecule has 1 aliphatic rings. The Bertz CT molecular complexity index is 1070. The summed E-state index contributed by atoms with van der Waals surface area (Å²) in [4.78, 5) is 12.9. The Morgan fingerprint density at radius 2 is 1.76 bits per heavy atom. The van der Waals surface area contributed by atoms with Crippen molar-refractivity contribution < 1.29 is 13.5 Å². The van der Waals surface area contributed by atoms with Crippen molar-refractivity contribution in [2.45, 2.75) is 26.5 Å². The first kappa shape index (κ1) is 23.3. The highest BCUT2D eigenvalue weighted by molar-refractivity contribution is 5.41. The minimum Gasteiger partial charge on any atom is -0.472 e. The topological polar surface area (TPSA) is 79.3 Å². The Labute approximate surface area is 197 Å². The van der Waals surface area contributed by atoms with Crippen LogP contribution in [-0.2, 0) is 13.2 Å². The first-order chi connectivity index (χ1) is 16.5. The molecule has 1 saturated heterocycles. The van der Waals surface area contributed by atoms with Crippen molar-refractivity contribution in [2.75, 3.05) is 36.4 Å². The van der Waals surface area contributed by atoms with Crippen LogP contribution in [-0.4, -0.2) is 51.2 Å². The second-order valence-corrected chi connectivity index (χ2v) is 8.03. The third kappa shape index (κ3) is 6.15. The molecule has 0 amide bonds. The third-order valence-electron chi connectivity index (χ3n) is 5.52. The molecule has 34 heavy (non-hydrogen) atoms. The van der Waals surface area contributed by atoms with E-state index in [0.29, 0.717) is 23.8 Å². The largest absolute Gasteiger partial charge is 0.472 e. The maximum atomic E-state index is 12.6. The van der Waals surface area contributed by atoms with Crippen LogP contribution >= 0.6 is 0 Å². The van der Waals surface area contributed by atoms with E-state index in [0.717, 1.165) is 43.3 Å². The summed E-state index contributed by atoms with van der Waals surface area (Å²) in [6.07, 6.45) is 0.649. The number of nitrogens with one attached hydrogen (secondary N) is 1. The Morgan fingerprint density at radius 3 is 2.35 bits per heavy atom. The maximum absolute atomic E-state index is 12.6. The van der Waals surface area contributed by atoms with Gasteiger partial charge in [0.15, 0.2) is 0 Å². The van der Waals surface area contributed by atoms with Gasteiger partial charge in [0.1, 0.15) is 23.9 Å². The van der Waals surface area contributed by atoms with Crippen molar-refractivity contribution >= 4 is 11.6 Å². The van der Waals surface area contributed by atoms with E-state index < -0.39 is 6.43 Å². The fraction of sp³-hybridized carbons (Fsp3) is 0.333. The van der Waals surface area contributed by atoms with Gasteiger partial charge in [0.25, 0.3) is 6.43 Å². The highest BCUT2D eigenvalue weighted by atomic mass is 19.3. The summed E-state index contributed by atoms with van der Waals surface area (Å²) in [5.74, 6) is 1.92. The van der Waals surface area contributed by atoms with Gasteiger partial charge in [-0.3, -0.25) is 4.98 Å². The number of aromatic nitrogens is 4. The van der Waals surface area contributed by atoms with E-state index in [4.69, 9.17) is 4.74 Å². The van der Waals surface area contributed by atoms with Crippen molar-refractivity contribution in [1.82, 2.24) is 25.1 Å². The minimum absolute atomic E-state index is 0.165. The van der Waals surface area contributed by atoms with Crippen molar-refractivity contribution in [3.63, 3.8) is 0 Å². The molecule has 0 atom stereocenters. The smallest absolute Gasteiger partial charge is 0.280 e. The average Bonchev–Trinajstić information content (AvgIpc) is 2.87. The zero-order valence-electron chi connectivity index (χ0n) is 19.0. The molecule has 0 unspecified atom stereocenters. The average molecular weight is 468 g/mol. The second kappa shape index (κ2) is 10.9. The Hall–Kier alpha value is -3.82. The zero-order chi connectivity index (χ0) is 23.9. The van der Waals surface area contributed by atoms with E-state index in [1.54, 1.807) is 18.2 Å². The van der Waals surface area contributed by atoms with E-state index in [2.05, 4.69) is 47.9 Å². The monoisotopic (exact) mass is 467 g/mol. The molecule has 0 bridgehead atoms. The quantitative estimate of drug-likeness (QED) is 0.505. The summed E-state index contributed by atoms with van der Waals surface area (Å²) in [5, 5.41) is 11.4. The highest BCUT2D eigenvalue weighted by Crippen LogP contribution is 2.18. The first-order valence-electron chi connectivity index (χ1n) is 11.0. The van der Waals surface area contributed by atoms with Gasteiger partial charge in [-0.1, -0.05) is 18.7 Å².